The van der Waals surface area contributed by atoms with E-state index in [1.807, 2.05) is 0 Å². The van der Waals surface area contributed by atoms with Crippen molar-refractivity contribution in [3.8, 4) is 0 Å². The van der Waals surface area contributed by atoms with E-state index in [1.165, 1.54) is 18.3 Å². The number of carbonyl (C=O) groups excluding carboxylic acids is 2. The van der Waals surface area contributed by atoms with Crippen LogP contribution in [0.1, 0.15) is 16.8 Å². The predicted molar refractivity (Wildman–Crippen MR) is 60.6 cm³/mol. The van der Waals surface area contributed by atoms with Crippen LogP contribution in [0.15, 0.2) is 23.1 Å². The van der Waals surface area contributed by atoms with Gasteiger partial charge in [-0.3, -0.25) is 14.4 Å². The van der Waals surface area contributed by atoms with E-state index in [0.29, 0.717) is 13.0 Å². The van der Waals surface area contributed by atoms with E-state index in [4.69, 9.17) is 0 Å². The number of amides is 2. The Kier molecular flexibility index (Phi) is 2.95. The number of rotatable bonds is 2. The Morgan fingerprint density at radius 1 is 1.53 bits per heavy atom. The third kappa shape index (κ3) is 2.35. The maximum absolute atomic E-state index is 11.8. The quantitative estimate of drug-likeness (QED) is 0.713. The van der Waals surface area contributed by atoms with Crippen LogP contribution in [0.25, 0.3) is 0 Å². The zero-order valence-electron chi connectivity index (χ0n) is 9.40. The third-order valence-corrected chi connectivity index (χ3v) is 2.77. The first kappa shape index (κ1) is 11.4. The summed E-state index contributed by atoms with van der Waals surface area (Å²) in [4.78, 5) is 38.4. The molecule has 1 unspecified atom stereocenters. The second-order valence-corrected chi connectivity index (χ2v) is 4.02. The van der Waals surface area contributed by atoms with Crippen LogP contribution in [0.5, 0.6) is 0 Å². The molecule has 1 aromatic rings. The fourth-order valence-electron chi connectivity index (χ4n) is 1.78. The smallest absolute Gasteiger partial charge is 0.252 e. The van der Waals surface area contributed by atoms with Crippen molar-refractivity contribution in [3.63, 3.8) is 0 Å². The van der Waals surface area contributed by atoms with Crippen LogP contribution in [0.2, 0.25) is 0 Å². The molecule has 1 saturated heterocycles. The van der Waals surface area contributed by atoms with Crippen molar-refractivity contribution in [1.29, 1.82) is 0 Å². The highest BCUT2D eigenvalue weighted by Crippen LogP contribution is 2.09. The Morgan fingerprint density at radius 2 is 2.29 bits per heavy atom. The van der Waals surface area contributed by atoms with Gasteiger partial charge in [0.2, 0.25) is 11.5 Å². The number of nitrogens with zero attached hydrogens (tertiary/aromatic N) is 1. The van der Waals surface area contributed by atoms with Crippen molar-refractivity contribution in [2.75, 3.05) is 13.6 Å². The number of pyridine rings is 1. The standard InChI is InChI=1S/C11H13N3O3/c1-14-5-3-8(11(14)17)13-10(16)7-2-4-12-9(15)6-7/h2,4,6,8H,3,5H2,1H3,(H,12,15)(H,13,16). The first-order valence-electron chi connectivity index (χ1n) is 5.32. The van der Waals surface area contributed by atoms with Crippen molar-refractivity contribution in [2.45, 2.75) is 12.5 Å². The van der Waals surface area contributed by atoms with Crippen molar-refractivity contribution in [2.24, 2.45) is 0 Å². The first-order valence-corrected chi connectivity index (χ1v) is 5.32. The van der Waals surface area contributed by atoms with E-state index in [1.54, 1.807) is 11.9 Å². The fraction of sp³-hybridized carbons (Fsp3) is 0.364. The zero-order chi connectivity index (χ0) is 12.4. The van der Waals surface area contributed by atoms with Gasteiger partial charge in [-0.15, -0.1) is 0 Å². The van der Waals surface area contributed by atoms with Gasteiger partial charge >= 0.3 is 0 Å². The first-order chi connectivity index (χ1) is 8.08. The minimum Gasteiger partial charge on any atom is -0.344 e. The number of aromatic nitrogens is 1. The summed E-state index contributed by atoms with van der Waals surface area (Å²) in [6.07, 6.45) is 2.00. The van der Waals surface area contributed by atoms with Crippen molar-refractivity contribution in [3.05, 3.63) is 34.2 Å². The van der Waals surface area contributed by atoms with Crippen LogP contribution in [0, 0.1) is 0 Å². The molecular formula is C11H13N3O3. The number of likely N-dealkylation sites (N-methyl/N-ethyl adjacent to an activating group) is 1. The van der Waals surface area contributed by atoms with Gasteiger partial charge in [-0.1, -0.05) is 0 Å². The van der Waals surface area contributed by atoms with Crippen LogP contribution >= 0.6 is 0 Å². The molecule has 17 heavy (non-hydrogen) atoms. The molecule has 1 aliphatic heterocycles. The third-order valence-electron chi connectivity index (χ3n) is 2.77. The number of aromatic amines is 1. The van der Waals surface area contributed by atoms with Crippen molar-refractivity contribution >= 4 is 11.8 Å². The molecule has 0 aromatic carbocycles. The maximum atomic E-state index is 11.8. The van der Waals surface area contributed by atoms with E-state index >= 15 is 0 Å². The second-order valence-electron chi connectivity index (χ2n) is 4.02. The summed E-state index contributed by atoms with van der Waals surface area (Å²) in [6.45, 7) is 0.638. The Morgan fingerprint density at radius 3 is 2.88 bits per heavy atom. The van der Waals surface area contributed by atoms with Gasteiger partial charge in [-0.25, -0.2) is 0 Å². The monoisotopic (exact) mass is 235 g/mol. The van der Waals surface area contributed by atoms with Crippen LogP contribution in [-0.2, 0) is 4.79 Å². The molecule has 1 atom stereocenters. The summed E-state index contributed by atoms with van der Waals surface area (Å²) in [5.41, 5.74) is -0.0800. The molecule has 2 amide bonds. The van der Waals surface area contributed by atoms with E-state index in [0.717, 1.165) is 0 Å². The lowest BCUT2D eigenvalue weighted by Gasteiger charge is -2.11. The molecule has 2 heterocycles. The number of nitrogens with one attached hydrogen (secondary N) is 2. The molecule has 2 rings (SSSR count). The molecule has 0 bridgehead atoms. The molecule has 0 saturated carbocycles. The summed E-state index contributed by atoms with van der Waals surface area (Å²) < 4.78 is 0. The molecule has 0 spiro atoms. The average molecular weight is 235 g/mol. The average Bonchev–Trinajstić information content (AvgIpc) is 2.61. The Hall–Kier alpha value is -2.11. The topological polar surface area (TPSA) is 82.3 Å². The highest BCUT2D eigenvalue weighted by atomic mass is 16.2. The van der Waals surface area contributed by atoms with Crippen LogP contribution in [-0.4, -0.2) is 41.3 Å². The molecule has 1 aliphatic rings. The molecule has 1 fully saturated rings. The second kappa shape index (κ2) is 4.40. The molecular weight excluding hydrogens is 222 g/mol. The van der Waals surface area contributed by atoms with Gasteiger partial charge in [0.25, 0.3) is 5.91 Å². The van der Waals surface area contributed by atoms with Gasteiger partial charge in [-0.05, 0) is 12.5 Å². The molecule has 1 aromatic heterocycles. The zero-order valence-corrected chi connectivity index (χ0v) is 9.40. The normalized spacial score (nSPS) is 19.5. The van der Waals surface area contributed by atoms with Crippen molar-refractivity contribution < 1.29 is 9.59 Å². The summed E-state index contributed by atoms with van der Waals surface area (Å²) >= 11 is 0. The highest BCUT2D eigenvalue weighted by Gasteiger charge is 2.30. The SMILES string of the molecule is CN1CCC(NC(=O)c2cc[nH]c(=O)c2)C1=O. The van der Waals surface area contributed by atoms with E-state index in [2.05, 4.69) is 10.3 Å². The van der Waals surface area contributed by atoms with Crippen LogP contribution < -0.4 is 10.9 Å². The highest BCUT2D eigenvalue weighted by molar-refractivity contribution is 5.97. The van der Waals surface area contributed by atoms with E-state index < -0.39 is 11.9 Å². The minimum absolute atomic E-state index is 0.0943. The molecule has 90 valence electrons. The van der Waals surface area contributed by atoms with Crippen molar-refractivity contribution in [1.82, 2.24) is 15.2 Å². The largest absolute Gasteiger partial charge is 0.344 e. The summed E-state index contributed by atoms with van der Waals surface area (Å²) in [7, 11) is 1.70. The summed E-state index contributed by atoms with van der Waals surface area (Å²) in [5.74, 6) is -0.493. The number of H-pyrrole nitrogens is 1. The van der Waals surface area contributed by atoms with Gasteiger partial charge in [0.1, 0.15) is 6.04 Å². The van der Waals surface area contributed by atoms with Crippen LogP contribution in [0.4, 0.5) is 0 Å². The Bertz CT molecular complexity index is 509. The lowest BCUT2D eigenvalue weighted by atomic mass is 10.2. The molecule has 6 heteroatoms. The fourth-order valence-corrected chi connectivity index (χ4v) is 1.78. The van der Waals surface area contributed by atoms with E-state index in [-0.39, 0.29) is 17.0 Å². The number of likely N-dealkylation sites (tertiary alicyclic amines) is 1. The minimum atomic E-state index is -0.480. The Balaban J connectivity index is 2.08. The molecule has 2 N–H and O–H groups in total. The van der Waals surface area contributed by atoms with E-state index in [9.17, 15) is 14.4 Å². The lowest BCUT2D eigenvalue weighted by molar-refractivity contribution is -0.128. The number of hydrogen-bond acceptors (Lipinski definition) is 3. The van der Waals surface area contributed by atoms with Crippen LogP contribution in [0.3, 0.4) is 0 Å². The Labute approximate surface area is 97.6 Å². The van der Waals surface area contributed by atoms with Gasteiger partial charge in [0.05, 0.1) is 0 Å². The molecule has 6 nitrogen and oxygen atoms in total. The summed E-state index contributed by atoms with van der Waals surface area (Å²) in [5, 5.41) is 2.62. The molecule has 0 aliphatic carbocycles. The summed E-state index contributed by atoms with van der Waals surface area (Å²) in [6, 6.07) is 2.23. The number of hydrogen-bond donors (Lipinski definition) is 2. The maximum Gasteiger partial charge on any atom is 0.252 e. The van der Waals surface area contributed by atoms with Gasteiger partial charge in [0.15, 0.2) is 0 Å². The van der Waals surface area contributed by atoms with Gasteiger partial charge < -0.3 is 15.2 Å². The lowest BCUT2D eigenvalue weighted by Crippen LogP contribution is -2.40. The van der Waals surface area contributed by atoms with Gasteiger partial charge in [-0.2, -0.15) is 0 Å². The van der Waals surface area contributed by atoms with Gasteiger partial charge in [0, 0.05) is 31.4 Å². The number of carbonyl (C=O) groups is 2. The molecule has 0 radical (unpaired) electrons. The predicted octanol–water partition coefficient (Wildman–Crippen LogP) is -0.665.